The summed E-state index contributed by atoms with van der Waals surface area (Å²) in [6.45, 7) is 6.45. The van der Waals surface area contributed by atoms with Crippen LogP contribution in [0.4, 0.5) is 5.13 Å². The van der Waals surface area contributed by atoms with Crippen LogP contribution in [-0.2, 0) is 4.79 Å². The van der Waals surface area contributed by atoms with Crippen LogP contribution in [0.5, 0.6) is 0 Å². The highest BCUT2D eigenvalue weighted by Gasteiger charge is 2.30. The van der Waals surface area contributed by atoms with E-state index < -0.39 is 0 Å². The number of anilines is 1. The Bertz CT molecular complexity index is 471. The minimum Gasteiger partial charge on any atom is -0.362 e. The van der Waals surface area contributed by atoms with Crippen molar-refractivity contribution in [2.24, 2.45) is 4.99 Å². The first-order chi connectivity index (χ1) is 8.60. The van der Waals surface area contributed by atoms with E-state index in [2.05, 4.69) is 26.0 Å². The Balaban J connectivity index is 2.04. The van der Waals surface area contributed by atoms with Crippen molar-refractivity contribution in [2.45, 2.75) is 32.1 Å². The minimum atomic E-state index is -0.0827. The lowest BCUT2D eigenvalue weighted by molar-refractivity contribution is -0.117. The molecule has 1 aromatic rings. The fourth-order valence-electron chi connectivity index (χ4n) is 1.67. The van der Waals surface area contributed by atoms with Crippen LogP contribution in [0, 0.1) is 0 Å². The van der Waals surface area contributed by atoms with Gasteiger partial charge in [-0.2, -0.15) is 0 Å². The molecular weight excluding hydrogens is 268 g/mol. The number of hydrogen-bond donors (Lipinski definition) is 2. The number of amidine groups is 1. The Hall–Kier alpha value is -1.08. The predicted octanol–water partition coefficient (Wildman–Crippen LogP) is 2.24. The van der Waals surface area contributed by atoms with E-state index in [0.717, 1.165) is 17.4 Å². The summed E-state index contributed by atoms with van der Waals surface area (Å²) in [7, 11) is 0. The maximum atomic E-state index is 11.0. The number of carbonyl (C=O) groups excluding carboxylic acids is 1. The highest BCUT2D eigenvalue weighted by molar-refractivity contribution is 8.14. The summed E-state index contributed by atoms with van der Waals surface area (Å²) in [5.41, 5.74) is 1.03. The van der Waals surface area contributed by atoms with Gasteiger partial charge >= 0.3 is 0 Å². The van der Waals surface area contributed by atoms with Crippen LogP contribution < -0.4 is 10.6 Å². The summed E-state index contributed by atoms with van der Waals surface area (Å²) in [5.74, 6) is -0.0827. The fraction of sp³-hybridized carbons (Fsp3) is 0.545. The molecule has 18 heavy (non-hydrogen) atoms. The van der Waals surface area contributed by atoms with Crippen molar-refractivity contribution in [1.29, 1.82) is 0 Å². The molecule has 2 atom stereocenters. The molecule has 7 heteroatoms. The molecule has 0 saturated heterocycles. The molecule has 2 heterocycles. The molecule has 1 amide bonds. The number of thiazole rings is 1. The Morgan fingerprint density at radius 3 is 3.00 bits per heavy atom. The average Bonchev–Trinajstić information content (AvgIpc) is 2.85. The minimum absolute atomic E-state index is 0.0827. The molecule has 0 spiro atoms. The van der Waals surface area contributed by atoms with Gasteiger partial charge in [0.15, 0.2) is 10.3 Å². The van der Waals surface area contributed by atoms with Gasteiger partial charge in [-0.3, -0.25) is 9.79 Å². The summed E-state index contributed by atoms with van der Waals surface area (Å²) < 4.78 is 0. The van der Waals surface area contributed by atoms with Gasteiger partial charge in [0, 0.05) is 18.8 Å². The highest BCUT2D eigenvalue weighted by Crippen LogP contribution is 2.40. The number of amides is 1. The largest absolute Gasteiger partial charge is 0.362 e. The Morgan fingerprint density at radius 1 is 1.56 bits per heavy atom. The predicted molar refractivity (Wildman–Crippen MR) is 77.3 cm³/mol. The fourth-order valence-corrected chi connectivity index (χ4v) is 3.74. The number of carbonyl (C=O) groups is 1. The van der Waals surface area contributed by atoms with Crippen LogP contribution in [0.2, 0.25) is 0 Å². The normalized spacial score (nSPS) is 22.7. The van der Waals surface area contributed by atoms with Crippen molar-refractivity contribution >= 4 is 39.3 Å². The van der Waals surface area contributed by atoms with Gasteiger partial charge in [-0.1, -0.05) is 11.8 Å². The third-order valence-electron chi connectivity index (χ3n) is 2.42. The van der Waals surface area contributed by atoms with Gasteiger partial charge in [0.2, 0.25) is 5.91 Å². The van der Waals surface area contributed by atoms with Crippen LogP contribution >= 0.6 is 23.1 Å². The maximum absolute atomic E-state index is 11.0. The van der Waals surface area contributed by atoms with Gasteiger partial charge in [0.05, 0.1) is 17.0 Å². The summed E-state index contributed by atoms with van der Waals surface area (Å²) in [6.07, 6.45) is 0. The summed E-state index contributed by atoms with van der Waals surface area (Å²) in [4.78, 5) is 20.0. The second kappa shape index (κ2) is 5.71. The first kappa shape index (κ1) is 13.4. The molecule has 0 aliphatic carbocycles. The van der Waals surface area contributed by atoms with E-state index in [0.29, 0.717) is 5.17 Å². The summed E-state index contributed by atoms with van der Waals surface area (Å²) >= 11 is 3.17. The summed E-state index contributed by atoms with van der Waals surface area (Å²) in [5, 5.41) is 9.81. The Kier molecular flexibility index (Phi) is 4.23. The third kappa shape index (κ3) is 3.02. The van der Waals surface area contributed by atoms with Crippen molar-refractivity contribution in [2.75, 3.05) is 11.9 Å². The van der Waals surface area contributed by atoms with Crippen LogP contribution in [0.3, 0.4) is 0 Å². The molecule has 2 rings (SSSR count). The first-order valence-corrected chi connectivity index (χ1v) is 7.57. The number of aromatic nitrogens is 1. The van der Waals surface area contributed by atoms with Gasteiger partial charge in [-0.15, -0.1) is 11.3 Å². The van der Waals surface area contributed by atoms with Crippen LogP contribution in [0.15, 0.2) is 10.4 Å². The number of nitrogens with zero attached hydrogens (tertiary/aromatic N) is 2. The molecule has 1 aliphatic rings. The van der Waals surface area contributed by atoms with E-state index >= 15 is 0 Å². The number of rotatable bonds is 3. The second-order valence-corrected chi connectivity index (χ2v) is 5.99. The van der Waals surface area contributed by atoms with Gasteiger partial charge in [0.25, 0.3) is 0 Å². The lowest BCUT2D eigenvalue weighted by atomic mass is 10.2. The molecule has 1 aliphatic heterocycles. The zero-order valence-electron chi connectivity index (χ0n) is 10.6. The van der Waals surface area contributed by atoms with Crippen molar-refractivity contribution in [1.82, 2.24) is 10.3 Å². The molecule has 0 fully saturated rings. The SMILES string of the molecule is CCNc1nc(C2SC(NC(C)=O)=NC2C)cs1. The van der Waals surface area contributed by atoms with E-state index in [9.17, 15) is 4.79 Å². The highest BCUT2D eigenvalue weighted by atomic mass is 32.2. The standard InChI is InChI=1S/C11H16N4OS2/c1-4-12-10-15-8(5-17-10)9-6(2)13-11(18-9)14-7(3)16/h5-6,9H,4H2,1-3H3,(H,12,15)(H,13,14,16). The number of nitrogens with one attached hydrogen (secondary N) is 2. The quantitative estimate of drug-likeness (QED) is 0.893. The zero-order chi connectivity index (χ0) is 13.1. The monoisotopic (exact) mass is 284 g/mol. The molecule has 2 N–H and O–H groups in total. The molecule has 0 saturated carbocycles. The average molecular weight is 284 g/mol. The number of thioether (sulfide) groups is 1. The lowest BCUT2D eigenvalue weighted by Gasteiger charge is -2.09. The maximum Gasteiger partial charge on any atom is 0.222 e. The van der Waals surface area contributed by atoms with E-state index in [1.54, 1.807) is 23.1 Å². The molecule has 98 valence electrons. The summed E-state index contributed by atoms with van der Waals surface area (Å²) in [6, 6.07) is 0.133. The van der Waals surface area contributed by atoms with E-state index in [1.165, 1.54) is 6.92 Å². The van der Waals surface area contributed by atoms with Crippen LogP contribution in [0.1, 0.15) is 31.7 Å². The van der Waals surface area contributed by atoms with Gasteiger partial charge in [0.1, 0.15) is 0 Å². The van der Waals surface area contributed by atoms with Gasteiger partial charge < -0.3 is 10.6 Å². The van der Waals surface area contributed by atoms with Crippen molar-refractivity contribution in [3.63, 3.8) is 0 Å². The van der Waals surface area contributed by atoms with Crippen molar-refractivity contribution in [3.8, 4) is 0 Å². The first-order valence-electron chi connectivity index (χ1n) is 5.81. The number of hydrogen-bond acceptors (Lipinski definition) is 6. The van der Waals surface area contributed by atoms with Crippen LogP contribution in [-0.4, -0.2) is 28.6 Å². The molecule has 0 radical (unpaired) electrons. The molecular formula is C11H16N4OS2. The zero-order valence-corrected chi connectivity index (χ0v) is 12.2. The third-order valence-corrected chi connectivity index (χ3v) is 4.56. The topological polar surface area (TPSA) is 66.4 Å². The van der Waals surface area contributed by atoms with E-state index in [1.807, 2.05) is 13.8 Å². The Labute approximate surface area is 114 Å². The van der Waals surface area contributed by atoms with Gasteiger partial charge in [-0.05, 0) is 13.8 Å². The molecule has 2 unspecified atom stereocenters. The molecule has 0 bridgehead atoms. The molecule has 5 nitrogen and oxygen atoms in total. The van der Waals surface area contributed by atoms with Crippen molar-refractivity contribution < 1.29 is 4.79 Å². The lowest BCUT2D eigenvalue weighted by Crippen LogP contribution is -2.24. The second-order valence-electron chi connectivity index (χ2n) is 4.00. The van der Waals surface area contributed by atoms with E-state index in [4.69, 9.17) is 0 Å². The van der Waals surface area contributed by atoms with Gasteiger partial charge in [-0.25, -0.2) is 4.98 Å². The number of aliphatic imine (C=N–C) groups is 1. The molecule has 1 aromatic heterocycles. The van der Waals surface area contributed by atoms with Crippen molar-refractivity contribution in [3.05, 3.63) is 11.1 Å². The van der Waals surface area contributed by atoms with E-state index in [-0.39, 0.29) is 17.2 Å². The molecule has 0 aromatic carbocycles. The van der Waals surface area contributed by atoms with Crippen LogP contribution in [0.25, 0.3) is 0 Å². The Morgan fingerprint density at radius 2 is 2.33 bits per heavy atom. The smallest absolute Gasteiger partial charge is 0.222 e.